The monoisotopic (exact) mass is 294 g/mol. The third-order valence-electron chi connectivity index (χ3n) is 4.88. The quantitative estimate of drug-likeness (QED) is 0.697. The Morgan fingerprint density at radius 2 is 1.95 bits per heavy atom. The molecule has 0 aromatic carbocycles. The van der Waals surface area contributed by atoms with Gasteiger partial charge in [0.2, 0.25) is 0 Å². The van der Waals surface area contributed by atoms with Crippen molar-refractivity contribution in [2.24, 2.45) is 11.3 Å². The zero-order valence-corrected chi connectivity index (χ0v) is 12.7. The van der Waals surface area contributed by atoms with E-state index in [9.17, 15) is 14.7 Å². The van der Waals surface area contributed by atoms with Gasteiger partial charge in [-0.2, -0.15) is 0 Å². The minimum absolute atomic E-state index is 0.169. The zero-order chi connectivity index (χ0) is 15.3. The molecule has 3 N–H and O–H groups in total. The molecule has 1 saturated carbocycles. The minimum Gasteiger partial charge on any atom is -0.481 e. The second-order valence-corrected chi connectivity index (χ2v) is 6.58. The largest absolute Gasteiger partial charge is 0.481 e. The molecule has 0 saturated heterocycles. The van der Waals surface area contributed by atoms with Crippen LogP contribution in [-0.4, -0.2) is 29.7 Å². The fourth-order valence-corrected chi connectivity index (χ4v) is 3.19. The molecule has 1 atom stereocenters. The molecule has 5 heteroatoms. The Balaban J connectivity index is 1.82. The first-order valence-corrected chi connectivity index (χ1v) is 7.94. The molecular formula is C16H26N2O3. The van der Waals surface area contributed by atoms with Gasteiger partial charge in [0.05, 0.1) is 5.41 Å². The van der Waals surface area contributed by atoms with Crippen LogP contribution in [0.5, 0.6) is 0 Å². The summed E-state index contributed by atoms with van der Waals surface area (Å²) in [7, 11) is 0. The van der Waals surface area contributed by atoms with Crippen LogP contribution in [0.2, 0.25) is 0 Å². The van der Waals surface area contributed by atoms with E-state index in [0.29, 0.717) is 18.8 Å². The van der Waals surface area contributed by atoms with E-state index in [-0.39, 0.29) is 18.6 Å². The Labute approximate surface area is 126 Å². The number of carboxylic acid groups (broad SMARTS) is 1. The van der Waals surface area contributed by atoms with Crippen LogP contribution < -0.4 is 10.6 Å². The summed E-state index contributed by atoms with van der Waals surface area (Å²) in [5.41, 5.74) is -0.781. The van der Waals surface area contributed by atoms with Crippen LogP contribution in [0.3, 0.4) is 0 Å². The first-order valence-electron chi connectivity index (χ1n) is 7.94. The third-order valence-corrected chi connectivity index (χ3v) is 4.88. The number of hydrogen-bond acceptors (Lipinski definition) is 2. The van der Waals surface area contributed by atoms with Gasteiger partial charge < -0.3 is 15.7 Å². The van der Waals surface area contributed by atoms with Crippen molar-refractivity contribution in [2.45, 2.75) is 57.9 Å². The lowest BCUT2D eigenvalue weighted by Gasteiger charge is -2.36. The normalized spacial score (nSPS) is 32.4. The van der Waals surface area contributed by atoms with Crippen molar-refractivity contribution < 1.29 is 14.7 Å². The summed E-state index contributed by atoms with van der Waals surface area (Å²) in [6.07, 6.45) is 10.1. The second kappa shape index (κ2) is 6.96. The Morgan fingerprint density at radius 1 is 1.24 bits per heavy atom. The highest BCUT2D eigenvalue weighted by molar-refractivity contribution is 5.78. The lowest BCUT2D eigenvalue weighted by Crippen LogP contribution is -2.49. The van der Waals surface area contributed by atoms with Crippen molar-refractivity contribution in [3.05, 3.63) is 12.2 Å². The van der Waals surface area contributed by atoms with Gasteiger partial charge in [0.15, 0.2) is 0 Å². The number of hydrogen-bond donors (Lipinski definition) is 3. The average Bonchev–Trinajstić information content (AvgIpc) is 2.48. The molecule has 0 aromatic rings. The number of amides is 2. The minimum atomic E-state index is -0.782. The molecule has 0 aliphatic heterocycles. The summed E-state index contributed by atoms with van der Waals surface area (Å²) in [5, 5.41) is 15.2. The standard InChI is InChI=1S/C16H26N2O3/c1-12-7-9-16(10-8-12,14(19)20)11-17-15(21)18-13-5-3-2-4-6-13/h2-3,12-13H,4-11H2,1H3,(H,19,20)(H2,17,18,21). The second-order valence-electron chi connectivity index (χ2n) is 6.58. The average molecular weight is 294 g/mol. The van der Waals surface area contributed by atoms with Gasteiger partial charge in [0.25, 0.3) is 0 Å². The van der Waals surface area contributed by atoms with Crippen molar-refractivity contribution in [3.63, 3.8) is 0 Å². The van der Waals surface area contributed by atoms with Crippen LogP contribution in [0.15, 0.2) is 12.2 Å². The van der Waals surface area contributed by atoms with E-state index in [4.69, 9.17) is 0 Å². The predicted octanol–water partition coefficient (Wildman–Crippen LogP) is 2.68. The molecule has 5 nitrogen and oxygen atoms in total. The van der Waals surface area contributed by atoms with Crippen LogP contribution in [-0.2, 0) is 4.79 Å². The Hall–Kier alpha value is -1.52. The Morgan fingerprint density at radius 3 is 2.52 bits per heavy atom. The van der Waals surface area contributed by atoms with E-state index in [1.54, 1.807) is 0 Å². The smallest absolute Gasteiger partial charge is 0.315 e. The molecular weight excluding hydrogens is 268 g/mol. The van der Waals surface area contributed by atoms with Gasteiger partial charge in [-0.3, -0.25) is 4.79 Å². The number of carbonyl (C=O) groups excluding carboxylic acids is 1. The van der Waals surface area contributed by atoms with Gasteiger partial charge in [-0.05, 0) is 50.9 Å². The molecule has 0 aromatic heterocycles. The number of rotatable bonds is 4. The fourth-order valence-electron chi connectivity index (χ4n) is 3.19. The zero-order valence-electron chi connectivity index (χ0n) is 12.7. The maximum Gasteiger partial charge on any atom is 0.315 e. The molecule has 2 amide bonds. The SMILES string of the molecule is CC1CCC(CNC(=O)NC2CC=CCC2)(C(=O)O)CC1. The molecule has 21 heavy (non-hydrogen) atoms. The number of aliphatic carboxylic acids is 1. The number of carboxylic acids is 1. The molecule has 2 rings (SSSR count). The van der Waals surface area contributed by atoms with Gasteiger partial charge in [-0.1, -0.05) is 19.1 Å². The molecule has 118 valence electrons. The summed E-state index contributed by atoms with van der Waals surface area (Å²) < 4.78 is 0. The number of nitrogens with one attached hydrogen (secondary N) is 2. The van der Waals surface area contributed by atoms with Gasteiger partial charge in [-0.25, -0.2) is 4.79 Å². The van der Waals surface area contributed by atoms with E-state index in [1.807, 2.05) is 0 Å². The summed E-state index contributed by atoms with van der Waals surface area (Å²) in [6.45, 7) is 2.38. The number of carbonyl (C=O) groups is 2. The lowest BCUT2D eigenvalue weighted by molar-refractivity contribution is -0.151. The molecule has 1 unspecified atom stereocenters. The van der Waals surface area contributed by atoms with E-state index in [0.717, 1.165) is 32.1 Å². The van der Waals surface area contributed by atoms with Crippen LogP contribution >= 0.6 is 0 Å². The van der Waals surface area contributed by atoms with Crippen LogP contribution in [0.25, 0.3) is 0 Å². The number of allylic oxidation sites excluding steroid dienone is 1. The first kappa shape index (κ1) is 15.9. The highest BCUT2D eigenvalue weighted by Crippen LogP contribution is 2.38. The van der Waals surface area contributed by atoms with E-state index in [2.05, 4.69) is 29.7 Å². The summed E-state index contributed by atoms with van der Waals surface area (Å²) in [4.78, 5) is 23.5. The van der Waals surface area contributed by atoms with E-state index < -0.39 is 11.4 Å². The van der Waals surface area contributed by atoms with Crippen LogP contribution in [0, 0.1) is 11.3 Å². The number of urea groups is 1. The van der Waals surface area contributed by atoms with Crippen LogP contribution in [0.4, 0.5) is 4.79 Å². The molecule has 0 heterocycles. The van der Waals surface area contributed by atoms with E-state index >= 15 is 0 Å². The molecule has 0 bridgehead atoms. The van der Waals surface area contributed by atoms with E-state index in [1.165, 1.54) is 0 Å². The molecule has 2 aliphatic carbocycles. The maximum absolute atomic E-state index is 11.9. The third kappa shape index (κ3) is 4.22. The summed E-state index contributed by atoms with van der Waals surface area (Å²) in [5.74, 6) is -0.198. The molecule has 2 aliphatic rings. The van der Waals surface area contributed by atoms with Gasteiger partial charge >= 0.3 is 12.0 Å². The van der Waals surface area contributed by atoms with Crippen molar-refractivity contribution >= 4 is 12.0 Å². The highest BCUT2D eigenvalue weighted by Gasteiger charge is 2.41. The van der Waals surface area contributed by atoms with Gasteiger partial charge in [-0.15, -0.1) is 0 Å². The van der Waals surface area contributed by atoms with Gasteiger partial charge in [0.1, 0.15) is 0 Å². The first-order chi connectivity index (χ1) is 10.0. The van der Waals surface area contributed by atoms with Gasteiger partial charge in [0, 0.05) is 12.6 Å². The predicted molar refractivity (Wildman–Crippen MR) is 81.0 cm³/mol. The fraction of sp³-hybridized carbons (Fsp3) is 0.750. The summed E-state index contributed by atoms with van der Waals surface area (Å²) >= 11 is 0. The highest BCUT2D eigenvalue weighted by atomic mass is 16.4. The molecule has 0 spiro atoms. The molecule has 1 fully saturated rings. The Bertz CT molecular complexity index is 412. The van der Waals surface area contributed by atoms with Crippen molar-refractivity contribution in [3.8, 4) is 0 Å². The molecule has 0 radical (unpaired) electrons. The summed E-state index contributed by atoms with van der Waals surface area (Å²) in [6, 6.07) is -0.0725. The van der Waals surface area contributed by atoms with Crippen molar-refractivity contribution in [1.29, 1.82) is 0 Å². The van der Waals surface area contributed by atoms with Crippen molar-refractivity contribution in [1.82, 2.24) is 10.6 Å². The Kier molecular flexibility index (Phi) is 5.26. The lowest BCUT2D eigenvalue weighted by atomic mass is 9.71. The van der Waals surface area contributed by atoms with Crippen LogP contribution in [0.1, 0.15) is 51.9 Å². The topological polar surface area (TPSA) is 78.4 Å². The maximum atomic E-state index is 11.9. The van der Waals surface area contributed by atoms with Crippen molar-refractivity contribution in [2.75, 3.05) is 6.54 Å².